The molecule has 0 unspecified atom stereocenters. The van der Waals surface area contributed by atoms with E-state index in [2.05, 4.69) is 39.8 Å². The van der Waals surface area contributed by atoms with Gasteiger partial charge in [-0.2, -0.15) is 9.78 Å². The first-order chi connectivity index (χ1) is 8.13. The van der Waals surface area contributed by atoms with Crippen molar-refractivity contribution in [2.75, 3.05) is 7.05 Å². The van der Waals surface area contributed by atoms with Crippen molar-refractivity contribution in [3.05, 3.63) is 17.7 Å². The zero-order chi connectivity index (χ0) is 12.4. The minimum absolute atomic E-state index is 0.331. The van der Waals surface area contributed by atoms with E-state index in [1.807, 2.05) is 20.3 Å². The summed E-state index contributed by atoms with van der Waals surface area (Å²) in [5.41, 5.74) is 1.94. The molecule has 0 aliphatic carbocycles. The molecular formula is C10H17N7. The van der Waals surface area contributed by atoms with Crippen LogP contribution in [0, 0.1) is 0 Å². The highest BCUT2D eigenvalue weighted by Gasteiger charge is 2.17. The van der Waals surface area contributed by atoms with Crippen LogP contribution in [0.25, 0.3) is 5.69 Å². The summed E-state index contributed by atoms with van der Waals surface area (Å²) in [5.74, 6) is 1.11. The van der Waals surface area contributed by atoms with Crippen LogP contribution >= 0.6 is 0 Å². The van der Waals surface area contributed by atoms with Crippen molar-refractivity contribution in [3.8, 4) is 5.69 Å². The third kappa shape index (κ3) is 2.19. The highest BCUT2D eigenvalue weighted by Crippen LogP contribution is 2.20. The number of tetrazole rings is 1. The van der Waals surface area contributed by atoms with Gasteiger partial charge in [0.2, 0.25) is 0 Å². The van der Waals surface area contributed by atoms with Gasteiger partial charge >= 0.3 is 0 Å². The maximum absolute atomic E-state index is 4.45. The molecule has 0 bridgehead atoms. The third-order valence-corrected chi connectivity index (χ3v) is 2.48. The maximum Gasteiger partial charge on any atom is 0.170 e. The Hall–Kier alpha value is -1.76. The molecule has 2 aromatic heterocycles. The van der Waals surface area contributed by atoms with E-state index in [0.29, 0.717) is 12.5 Å². The first-order valence-electron chi connectivity index (χ1n) is 5.59. The lowest BCUT2D eigenvalue weighted by Gasteiger charge is -2.06. The maximum atomic E-state index is 4.45. The van der Waals surface area contributed by atoms with E-state index in [1.54, 1.807) is 9.36 Å². The third-order valence-electron chi connectivity index (χ3n) is 2.48. The number of aromatic nitrogens is 6. The lowest BCUT2D eigenvalue weighted by atomic mass is 10.1. The Morgan fingerprint density at radius 2 is 2.18 bits per heavy atom. The minimum atomic E-state index is 0.331. The van der Waals surface area contributed by atoms with Crippen LogP contribution in [0.5, 0.6) is 0 Å². The lowest BCUT2D eigenvalue weighted by Crippen LogP contribution is -2.13. The second kappa shape index (κ2) is 4.62. The van der Waals surface area contributed by atoms with Gasteiger partial charge in [0.25, 0.3) is 0 Å². The highest BCUT2D eigenvalue weighted by molar-refractivity contribution is 5.36. The molecule has 2 rings (SSSR count). The standard InChI is InChI=1S/C10H17N7/c1-7(2)10-8(6-16(4)13-10)17-9(5-11-3)12-14-15-17/h6-7,11H,5H2,1-4H3. The number of hydrogen-bond acceptors (Lipinski definition) is 5. The van der Waals surface area contributed by atoms with Gasteiger partial charge in [-0.25, -0.2) is 0 Å². The monoisotopic (exact) mass is 235 g/mol. The zero-order valence-electron chi connectivity index (χ0n) is 10.5. The highest BCUT2D eigenvalue weighted by atomic mass is 15.6. The summed E-state index contributed by atoms with van der Waals surface area (Å²) in [4.78, 5) is 0. The molecule has 0 saturated carbocycles. The van der Waals surface area contributed by atoms with Crippen LogP contribution in [-0.2, 0) is 13.6 Å². The first kappa shape index (κ1) is 11.7. The van der Waals surface area contributed by atoms with Crippen molar-refractivity contribution in [1.82, 2.24) is 35.3 Å². The molecule has 7 nitrogen and oxygen atoms in total. The summed E-state index contributed by atoms with van der Waals surface area (Å²) in [6.45, 7) is 4.83. The van der Waals surface area contributed by atoms with Crippen molar-refractivity contribution in [2.24, 2.45) is 7.05 Å². The van der Waals surface area contributed by atoms with Gasteiger partial charge in [-0.1, -0.05) is 13.8 Å². The van der Waals surface area contributed by atoms with Crippen LogP contribution in [0.15, 0.2) is 6.20 Å². The second-order valence-corrected chi connectivity index (χ2v) is 4.27. The Kier molecular flexibility index (Phi) is 3.19. The molecule has 17 heavy (non-hydrogen) atoms. The second-order valence-electron chi connectivity index (χ2n) is 4.27. The molecule has 2 heterocycles. The van der Waals surface area contributed by atoms with Crippen LogP contribution in [0.1, 0.15) is 31.3 Å². The first-order valence-corrected chi connectivity index (χ1v) is 5.59. The van der Waals surface area contributed by atoms with Gasteiger partial charge in [-0.15, -0.1) is 5.10 Å². The van der Waals surface area contributed by atoms with Gasteiger partial charge in [-0.05, 0) is 23.4 Å². The summed E-state index contributed by atoms with van der Waals surface area (Å²) in [5, 5.41) is 19.2. The molecular weight excluding hydrogens is 218 g/mol. The van der Waals surface area contributed by atoms with Crippen molar-refractivity contribution < 1.29 is 0 Å². The van der Waals surface area contributed by atoms with Crippen molar-refractivity contribution in [3.63, 3.8) is 0 Å². The van der Waals surface area contributed by atoms with Crippen LogP contribution in [-0.4, -0.2) is 37.0 Å². The molecule has 0 amide bonds. The van der Waals surface area contributed by atoms with E-state index < -0.39 is 0 Å². The molecule has 0 radical (unpaired) electrons. The summed E-state index contributed by atoms with van der Waals surface area (Å²) in [7, 11) is 3.77. The van der Waals surface area contributed by atoms with Gasteiger partial charge in [0.15, 0.2) is 5.82 Å². The summed E-state index contributed by atoms with van der Waals surface area (Å²) < 4.78 is 3.52. The molecule has 0 atom stereocenters. The van der Waals surface area contributed by atoms with Gasteiger partial charge in [0.05, 0.1) is 18.4 Å². The predicted molar refractivity (Wildman–Crippen MR) is 62.8 cm³/mol. The predicted octanol–water partition coefficient (Wildman–Crippen LogP) is 0.239. The Morgan fingerprint density at radius 1 is 1.41 bits per heavy atom. The fraction of sp³-hybridized carbons (Fsp3) is 0.600. The average Bonchev–Trinajstić information content (AvgIpc) is 2.84. The van der Waals surface area contributed by atoms with Gasteiger partial charge in [0.1, 0.15) is 5.69 Å². The molecule has 0 aromatic carbocycles. The normalized spacial score (nSPS) is 11.4. The lowest BCUT2D eigenvalue weighted by molar-refractivity contribution is 0.692. The van der Waals surface area contributed by atoms with E-state index in [1.165, 1.54) is 0 Å². The Labute approximate surface area is 99.8 Å². The topological polar surface area (TPSA) is 73.5 Å². The fourth-order valence-corrected chi connectivity index (χ4v) is 1.73. The van der Waals surface area contributed by atoms with Crippen molar-refractivity contribution in [2.45, 2.75) is 26.3 Å². The molecule has 0 aliphatic heterocycles. The molecule has 0 aliphatic rings. The zero-order valence-corrected chi connectivity index (χ0v) is 10.5. The number of aryl methyl sites for hydroxylation is 1. The number of nitrogens with one attached hydrogen (secondary N) is 1. The number of nitrogens with zero attached hydrogens (tertiary/aromatic N) is 6. The van der Waals surface area contributed by atoms with Gasteiger partial charge < -0.3 is 5.32 Å². The largest absolute Gasteiger partial charge is 0.313 e. The molecule has 0 saturated heterocycles. The number of rotatable bonds is 4. The van der Waals surface area contributed by atoms with Crippen LogP contribution in [0.3, 0.4) is 0 Å². The van der Waals surface area contributed by atoms with E-state index >= 15 is 0 Å². The van der Waals surface area contributed by atoms with Crippen molar-refractivity contribution in [1.29, 1.82) is 0 Å². The Balaban J connectivity index is 2.48. The summed E-state index contributed by atoms with van der Waals surface area (Å²) in [6, 6.07) is 0. The quantitative estimate of drug-likeness (QED) is 0.821. The molecule has 1 N–H and O–H groups in total. The van der Waals surface area contributed by atoms with Crippen LogP contribution in [0.4, 0.5) is 0 Å². The van der Waals surface area contributed by atoms with Crippen molar-refractivity contribution >= 4 is 0 Å². The molecule has 7 heteroatoms. The van der Waals surface area contributed by atoms with E-state index in [-0.39, 0.29) is 0 Å². The number of hydrogen-bond donors (Lipinski definition) is 1. The smallest absolute Gasteiger partial charge is 0.170 e. The Morgan fingerprint density at radius 3 is 2.82 bits per heavy atom. The SMILES string of the molecule is CNCc1nnnn1-c1cn(C)nc1C(C)C. The molecule has 92 valence electrons. The summed E-state index contributed by atoms with van der Waals surface area (Å²) >= 11 is 0. The van der Waals surface area contributed by atoms with Gasteiger partial charge in [-0.3, -0.25) is 4.68 Å². The van der Waals surface area contributed by atoms with Crippen LogP contribution < -0.4 is 5.32 Å². The van der Waals surface area contributed by atoms with Crippen LogP contribution in [0.2, 0.25) is 0 Å². The van der Waals surface area contributed by atoms with E-state index in [4.69, 9.17) is 0 Å². The molecule has 0 spiro atoms. The summed E-state index contributed by atoms with van der Waals surface area (Å²) in [6.07, 6.45) is 1.94. The Bertz CT molecular complexity index is 496. The van der Waals surface area contributed by atoms with Gasteiger partial charge in [0, 0.05) is 7.05 Å². The fourth-order valence-electron chi connectivity index (χ4n) is 1.73. The van der Waals surface area contributed by atoms with E-state index in [0.717, 1.165) is 17.2 Å². The van der Waals surface area contributed by atoms with E-state index in [9.17, 15) is 0 Å². The molecule has 2 aromatic rings. The molecule has 0 fully saturated rings. The average molecular weight is 235 g/mol. The minimum Gasteiger partial charge on any atom is -0.313 e.